The highest BCUT2D eigenvalue weighted by atomic mass is 32.2. The van der Waals surface area contributed by atoms with E-state index in [1.165, 1.54) is 0 Å². The summed E-state index contributed by atoms with van der Waals surface area (Å²) in [4.78, 5) is 9.80. The number of aliphatic hydroxyl groups is 1. The molecular weight excluding hydrogens is 288 g/mol. The van der Waals surface area contributed by atoms with E-state index in [0.717, 1.165) is 23.4 Å². The SMILES string of the molecule is CNC(=C[N+](=O)[O-])NCCSCC1=CSC(CO)N1. The zero-order valence-electron chi connectivity index (χ0n) is 10.6. The van der Waals surface area contributed by atoms with Crippen LogP contribution in [0, 0.1) is 10.1 Å². The third-order valence-electron chi connectivity index (χ3n) is 2.21. The van der Waals surface area contributed by atoms with Gasteiger partial charge in [-0.05, 0) is 5.41 Å². The van der Waals surface area contributed by atoms with Crippen LogP contribution in [-0.2, 0) is 0 Å². The first-order valence-electron chi connectivity index (χ1n) is 5.72. The van der Waals surface area contributed by atoms with Gasteiger partial charge in [0.15, 0.2) is 5.82 Å². The zero-order valence-corrected chi connectivity index (χ0v) is 12.2. The topological polar surface area (TPSA) is 99.5 Å². The van der Waals surface area contributed by atoms with Crippen LogP contribution in [0.25, 0.3) is 0 Å². The third kappa shape index (κ3) is 6.60. The summed E-state index contributed by atoms with van der Waals surface area (Å²) in [6.45, 7) is 0.767. The molecule has 0 aromatic rings. The smallest absolute Gasteiger partial charge is 0.274 e. The highest BCUT2D eigenvalue weighted by Gasteiger charge is 2.14. The second-order valence-electron chi connectivity index (χ2n) is 3.65. The van der Waals surface area contributed by atoms with Crippen LogP contribution in [0.2, 0.25) is 0 Å². The van der Waals surface area contributed by atoms with E-state index < -0.39 is 4.92 Å². The van der Waals surface area contributed by atoms with Gasteiger partial charge in [-0.1, -0.05) is 0 Å². The molecule has 0 spiro atoms. The Morgan fingerprint density at radius 3 is 3.16 bits per heavy atom. The van der Waals surface area contributed by atoms with Crippen molar-refractivity contribution in [2.75, 3.05) is 31.7 Å². The van der Waals surface area contributed by atoms with Crippen LogP contribution in [-0.4, -0.2) is 47.1 Å². The number of nitro groups is 1. The molecule has 108 valence electrons. The van der Waals surface area contributed by atoms with Crippen LogP contribution in [0.4, 0.5) is 0 Å². The molecule has 1 heterocycles. The van der Waals surface area contributed by atoms with Gasteiger partial charge in [0.25, 0.3) is 6.20 Å². The normalized spacial score (nSPS) is 18.7. The fraction of sp³-hybridized carbons (Fsp3) is 0.600. The van der Waals surface area contributed by atoms with Crippen LogP contribution in [0.5, 0.6) is 0 Å². The number of rotatable bonds is 9. The van der Waals surface area contributed by atoms with Crippen molar-refractivity contribution in [2.24, 2.45) is 0 Å². The van der Waals surface area contributed by atoms with E-state index in [0.29, 0.717) is 12.4 Å². The molecule has 0 radical (unpaired) electrons. The maximum absolute atomic E-state index is 10.3. The van der Waals surface area contributed by atoms with Crippen molar-refractivity contribution in [2.45, 2.75) is 5.37 Å². The maximum Gasteiger partial charge on any atom is 0.274 e. The molecule has 1 atom stereocenters. The van der Waals surface area contributed by atoms with Gasteiger partial charge in [0.2, 0.25) is 0 Å². The quantitative estimate of drug-likeness (QED) is 0.270. The van der Waals surface area contributed by atoms with Gasteiger partial charge < -0.3 is 21.1 Å². The molecule has 19 heavy (non-hydrogen) atoms. The first-order valence-corrected chi connectivity index (χ1v) is 7.82. The maximum atomic E-state index is 10.3. The zero-order chi connectivity index (χ0) is 14.1. The number of nitrogens with one attached hydrogen (secondary N) is 3. The van der Waals surface area contributed by atoms with Gasteiger partial charge in [-0.25, -0.2) is 0 Å². The summed E-state index contributed by atoms with van der Waals surface area (Å²) in [5.41, 5.74) is 1.11. The molecule has 1 aliphatic rings. The summed E-state index contributed by atoms with van der Waals surface area (Å²) >= 11 is 3.30. The van der Waals surface area contributed by atoms with Crippen molar-refractivity contribution in [3.63, 3.8) is 0 Å². The summed E-state index contributed by atoms with van der Waals surface area (Å²) < 4.78 is 0. The molecule has 1 rings (SSSR count). The van der Waals surface area contributed by atoms with E-state index in [1.54, 1.807) is 30.6 Å². The van der Waals surface area contributed by atoms with Crippen molar-refractivity contribution >= 4 is 23.5 Å². The average molecular weight is 306 g/mol. The number of aliphatic hydroxyl groups excluding tert-OH is 1. The Morgan fingerprint density at radius 2 is 2.58 bits per heavy atom. The minimum atomic E-state index is -0.495. The first kappa shape index (κ1) is 16.0. The van der Waals surface area contributed by atoms with E-state index >= 15 is 0 Å². The Balaban J connectivity index is 2.10. The van der Waals surface area contributed by atoms with Gasteiger partial charge >= 0.3 is 0 Å². The molecule has 4 N–H and O–H groups in total. The monoisotopic (exact) mass is 306 g/mol. The lowest BCUT2D eigenvalue weighted by Crippen LogP contribution is -2.27. The summed E-state index contributed by atoms with van der Waals surface area (Å²) in [6.07, 6.45) is 0.911. The average Bonchev–Trinajstić information content (AvgIpc) is 2.84. The molecule has 0 fully saturated rings. The molecule has 7 nitrogen and oxygen atoms in total. The summed E-state index contributed by atoms with van der Waals surface area (Å²) in [5.74, 6) is 2.09. The van der Waals surface area contributed by atoms with Crippen LogP contribution in [0.3, 0.4) is 0 Å². The molecule has 9 heteroatoms. The fourth-order valence-corrected chi connectivity index (χ4v) is 3.02. The summed E-state index contributed by atoms with van der Waals surface area (Å²) in [7, 11) is 1.63. The molecular formula is C10H18N4O3S2. The lowest BCUT2D eigenvalue weighted by Gasteiger charge is -2.10. The fourth-order valence-electron chi connectivity index (χ4n) is 1.35. The van der Waals surface area contributed by atoms with E-state index in [4.69, 9.17) is 5.11 Å². The predicted molar refractivity (Wildman–Crippen MR) is 79.1 cm³/mol. The molecule has 0 bridgehead atoms. The van der Waals surface area contributed by atoms with Gasteiger partial charge in [0.1, 0.15) is 0 Å². The number of nitrogens with zero attached hydrogens (tertiary/aromatic N) is 1. The Hall–Kier alpha value is -1.06. The molecule has 0 aliphatic carbocycles. The summed E-state index contributed by atoms with van der Waals surface area (Å²) in [5, 5.41) is 30.2. The van der Waals surface area contributed by atoms with Crippen molar-refractivity contribution in [3.8, 4) is 0 Å². The molecule has 0 aromatic carbocycles. The summed E-state index contributed by atoms with van der Waals surface area (Å²) in [6, 6.07) is 0. The highest BCUT2D eigenvalue weighted by molar-refractivity contribution is 8.03. The molecule has 1 unspecified atom stereocenters. The van der Waals surface area contributed by atoms with E-state index in [9.17, 15) is 10.1 Å². The standard InChI is InChI=1S/C10H18N4O3S2/c1-11-9(4-14(16)17)12-2-3-18-6-8-7-19-10(5-15)13-8/h4,7,10-13,15H,2-3,5-6H2,1H3. The van der Waals surface area contributed by atoms with Crippen molar-refractivity contribution in [1.29, 1.82) is 0 Å². The highest BCUT2D eigenvalue weighted by Crippen LogP contribution is 2.22. The first-order chi connectivity index (χ1) is 9.15. The van der Waals surface area contributed by atoms with Crippen LogP contribution >= 0.6 is 23.5 Å². The van der Waals surface area contributed by atoms with E-state index in [1.807, 2.05) is 5.41 Å². The van der Waals surface area contributed by atoms with Crippen molar-refractivity contribution in [1.82, 2.24) is 16.0 Å². The lowest BCUT2D eigenvalue weighted by molar-refractivity contribution is -0.404. The molecule has 0 saturated heterocycles. The third-order valence-corrected chi connectivity index (χ3v) is 4.23. The van der Waals surface area contributed by atoms with Gasteiger partial charge in [-0.2, -0.15) is 11.8 Å². The largest absolute Gasteiger partial charge is 0.393 e. The van der Waals surface area contributed by atoms with E-state index in [2.05, 4.69) is 16.0 Å². The van der Waals surface area contributed by atoms with Crippen LogP contribution in [0.1, 0.15) is 0 Å². The van der Waals surface area contributed by atoms with Crippen LogP contribution in [0.15, 0.2) is 23.1 Å². The van der Waals surface area contributed by atoms with Gasteiger partial charge in [0.05, 0.1) is 16.9 Å². The van der Waals surface area contributed by atoms with Crippen molar-refractivity contribution in [3.05, 3.63) is 33.2 Å². The Kier molecular flexibility index (Phi) is 7.53. The second-order valence-corrected chi connectivity index (χ2v) is 5.83. The predicted octanol–water partition coefficient (Wildman–Crippen LogP) is 0.100. The van der Waals surface area contributed by atoms with Crippen molar-refractivity contribution < 1.29 is 10.0 Å². The Labute approximate surface area is 120 Å². The minimum absolute atomic E-state index is 0.0765. The van der Waals surface area contributed by atoms with Crippen LogP contribution < -0.4 is 16.0 Å². The van der Waals surface area contributed by atoms with E-state index in [-0.39, 0.29) is 12.0 Å². The van der Waals surface area contributed by atoms with Gasteiger partial charge in [-0.3, -0.25) is 10.1 Å². The minimum Gasteiger partial charge on any atom is -0.393 e. The number of hydrogen-bond acceptors (Lipinski definition) is 8. The lowest BCUT2D eigenvalue weighted by atomic mass is 10.5. The Morgan fingerprint density at radius 1 is 1.79 bits per heavy atom. The molecule has 0 amide bonds. The van der Waals surface area contributed by atoms with Gasteiger partial charge in [-0.15, -0.1) is 11.8 Å². The number of thioether (sulfide) groups is 2. The second kappa shape index (κ2) is 8.94. The molecule has 1 aliphatic heterocycles. The Bertz CT molecular complexity index is 363. The van der Waals surface area contributed by atoms with Gasteiger partial charge in [0, 0.05) is 30.8 Å². The number of hydrogen-bond donors (Lipinski definition) is 4. The molecule has 0 aromatic heterocycles. The molecule has 0 saturated carbocycles.